The van der Waals surface area contributed by atoms with Gasteiger partial charge in [-0.25, -0.2) is 8.78 Å². The van der Waals surface area contributed by atoms with Crippen LogP contribution >= 0.6 is 0 Å². The van der Waals surface area contributed by atoms with E-state index in [1.165, 1.54) is 6.08 Å². The molecule has 2 heteroatoms. The second kappa shape index (κ2) is 3.16. The van der Waals surface area contributed by atoms with E-state index >= 15 is 0 Å². The summed E-state index contributed by atoms with van der Waals surface area (Å²) in [6.07, 6.45) is 2.60. The maximum Gasteiger partial charge on any atom is 0.157 e. The second-order valence-corrected chi connectivity index (χ2v) is 3.08. The Morgan fingerprint density at radius 2 is 2.00 bits per heavy atom. The Hall–Kier alpha value is -0.660. The molecular weight excluding hydrogens is 146 g/mol. The third kappa shape index (κ3) is 1.67. The van der Waals surface area contributed by atoms with Gasteiger partial charge in [-0.05, 0) is 30.4 Å². The molecule has 11 heavy (non-hydrogen) atoms. The third-order valence-electron chi connectivity index (χ3n) is 1.93. The minimum atomic E-state index is -0.681. The van der Waals surface area contributed by atoms with Crippen molar-refractivity contribution in [3.05, 3.63) is 23.3 Å². The normalized spacial score (nSPS) is 19.2. The zero-order valence-corrected chi connectivity index (χ0v) is 6.82. The lowest BCUT2D eigenvalue weighted by atomic mass is 9.94. The van der Waals surface area contributed by atoms with E-state index in [1.807, 2.05) is 13.8 Å². The average molecular weight is 158 g/mol. The molecule has 0 saturated heterocycles. The standard InChI is InChI=1S/C9H12F2/c1-6(2)7-4-3-5-8(10)9(7)11/h5-6H,3-4H2,1-2H3. The van der Waals surface area contributed by atoms with Gasteiger partial charge in [0.2, 0.25) is 0 Å². The van der Waals surface area contributed by atoms with Crippen LogP contribution in [0.3, 0.4) is 0 Å². The summed E-state index contributed by atoms with van der Waals surface area (Å²) in [6, 6.07) is 0. The van der Waals surface area contributed by atoms with Crippen molar-refractivity contribution >= 4 is 0 Å². The Morgan fingerprint density at radius 3 is 2.45 bits per heavy atom. The number of rotatable bonds is 1. The molecule has 0 atom stereocenters. The molecule has 0 N–H and O–H groups in total. The van der Waals surface area contributed by atoms with Crippen LogP contribution in [-0.4, -0.2) is 0 Å². The fraction of sp³-hybridized carbons (Fsp3) is 0.556. The second-order valence-electron chi connectivity index (χ2n) is 3.08. The van der Waals surface area contributed by atoms with E-state index in [-0.39, 0.29) is 5.92 Å². The van der Waals surface area contributed by atoms with E-state index < -0.39 is 11.7 Å². The van der Waals surface area contributed by atoms with Crippen molar-refractivity contribution in [1.82, 2.24) is 0 Å². The maximum absolute atomic E-state index is 12.9. The summed E-state index contributed by atoms with van der Waals surface area (Å²) < 4.78 is 25.5. The summed E-state index contributed by atoms with van der Waals surface area (Å²) in [4.78, 5) is 0. The highest BCUT2D eigenvalue weighted by molar-refractivity contribution is 5.29. The first-order chi connectivity index (χ1) is 5.13. The Bertz CT molecular complexity index is 212. The van der Waals surface area contributed by atoms with Crippen LogP contribution in [0.4, 0.5) is 8.78 Å². The monoisotopic (exact) mass is 158 g/mol. The van der Waals surface area contributed by atoms with Gasteiger partial charge in [0.15, 0.2) is 11.7 Å². The van der Waals surface area contributed by atoms with Crippen LogP contribution in [0.25, 0.3) is 0 Å². The summed E-state index contributed by atoms with van der Waals surface area (Å²) in [6.45, 7) is 3.76. The molecule has 0 saturated carbocycles. The summed E-state index contributed by atoms with van der Waals surface area (Å²) in [7, 11) is 0. The fourth-order valence-corrected chi connectivity index (χ4v) is 1.25. The highest BCUT2D eigenvalue weighted by Gasteiger charge is 2.17. The zero-order valence-electron chi connectivity index (χ0n) is 6.82. The van der Waals surface area contributed by atoms with Gasteiger partial charge in [0, 0.05) is 0 Å². The summed E-state index contributed by atoms with van der Waals surface area (Å²) in [5.41, 5.74) is 0.616. The van der Waals surface area contributed by atoms with Crippen molar-refractivity contribution < 1.29 is 8.78 Å². The molecule has 0 unspecified atom stereocenters. The quantitative estimate of drug-likeness (QED) is 0.547. The fourth-order valence-electron chi connectivity index (χ4n) is 1.25. The first-order valence-corrected chi connectivity index (χ1v) is 3.87. The van der Waals surface area contributed by atoms with E-state index in [9.17, 15) is 8.78 Å². The topological polar surface area (TPSA) is 0 Å². The van der Waals surface area contributed by atoms with Crippen molar-refractivity contribution in [1.29, 1.82) is 0 Å². The summed E-state index contributed by atoms with van der Waals surface area (Å²) in [5, 5.41) is 0. The third-order valence-corrected chi connectivity index (χ3v) is 1.93. The molecule has 0 aromatic rings. The van der Waals surface area contributed by atoms with Crippen molar-refractivity contribution in [3.63, 3.8) is 0 Å². The average Bonchev–Trinajstić information content (AvgIpc) is 1.94. The largest absolute Gasteiger partial charge is 0.204 e. The molecule has 0 aliphatic heterocycles. The van der Waals surface area contributed by atoms with E-state index in [0.29, 0.717) is 18.4 Å². The van der Waals surface area contributed by atoms with Gasteiger partial charge in [-0.2, -0.15) is 0 Å². The van der Waals surface area contributed by atoms with Crippen LogP contribution in [0.5, 0.6) is 0 Å². The predicted octanol–water partition coefficient (Wildman–Crippen LogP) is 3.51. The van der Waals surface area contributed by atoms with Crippen molar-refractivity contribution in [2.45, 2.75) is 26.7 Å². The molecule has 1 aliphatic rings. The Labute approximate surface area is 65.6 Å². The lowest BCUT2D eigenvalue weighted by molar-refractivity contribution is 0.499. The van der Waals surface area contributed by atoms with E-state index in [4.69, 9.17) is 0 Å². The van der Waals surface area contributed by atoms with E-state index in [2.05, 4.69) is 0 Å². The summed E-state index contributed by atoms with van der Waals surface area (Å²) >= 11 is 0. The van der Waals surface area contributed by atoms with Crippen LogP contribution in [0, 0.1) is 5.92 Å². The smallest absolute Gasteiger partial charge is 0.157 e. The molecule has 0 aromatic carbocycles. The lowest BCUT2D eigenvalue weighted by Crippen LogP contribution is -2.01. The molecule has 0 amide bonds. The number of halogens is 2. The van der Waals surface area contributed by atoms with Gasteiger partial charge in [0.25, 0.3) is 0 Å². The predicted molar refractivity (Wildman–Crippen MR) is 41.4 cm³/mol. The molecule has 0 spiro atoms. The number of hydrogen-bond donors (Lipinski definition) is 0. The minimum Gasteiger partial charge on any atom is -0.204 e. The van der Waals surface area contributed by atoms with Crippen LogP contribution in [0.15, 0.2) is 23.3 Å². The summed E-state index contributed by atoms with van der Waals surface area (Å²) in [5.74, 6) is -1.19. The number of allylic oxidation sites excluding steroid dienone is 4. The molecule has 62 valence electrons. The van der Waals surface area contributed by atoms with Gasteiger partial charge in [0.1, 0.15) is 0 Å². The SMILES string of the molecule is CC(C)C1=C(F)C(F)=CCC1. The highest BCUT2D eigenvalue weighted by atomic mass is 19.2. The van der Waals surface area contributed by atoms with Crippen molar-refractivity contribution in [3.8, 4) is 0 Å². The molecule has 1 rings (SSSR count). The highest BCUT2D eigenvalue weighted by Crippen LogP contribution is 2.31. The molecular formula is C9H12F2. The Kier molecular flexibility index (Phi) is 2.42. The molecule has 0 nitrogen and oxygen atoms in total. The molecule has 0 radical (unpaired) electrons. The molecule has 0 heterocycles. The van der Waals surface area contributed by atoms with Gasteiger partial charge < -0.3 is 0 Å². The van der Waals surface area contributed by atoms with Crippen LogP contribution in [0.2, 0.25) is 0 Å². The van der Waals surface area contributed by atoms with Gasteiger partial charge >= 0.3 is 0 Å². The first kappa shape index (κ1) is 8.44. The maximum atomic E-state index is 12.9. The Morgan fingerprint density at radius 1 is 1.36 bits per heavy atom. The van der Waals surface area contributed by atoms with Gasteiger partial charge in [-0.15, -0.1) is 0 Å². The zero-order chi connectivity index (χ0) is 8.43. The van der Waals surface area contributed by atoms with Gasteiger partial charge in [-0.1, -0.05) is 13.8 Å². The van der Waals surface area contributed by atoms with Crippen LogP contribution in [-0.2, 0) is 0 Å². The number of hydrogen-bond acceptors (Lipinski definition) is 0. The van der Waals surface area contributed by atoms with Gasteiger partial charge in [0.05, 0.1) is 0 Å². The molecule has 0 aromatic heterocycles. The van der Waals surface area contributed by atoms with Crippen molar-refractivity contribution in [2.75, 3.05) is 0 Å². The molecule has 1 aliphatic carbocycles. The Balaban J connectivity index is 2.91. The molecule has 0 bridgehead atoms. The lowest BCUT2D eigenvalue weighted by Gasteiger charge is -2.14. The van der Waals surface area contributed by atoms with Crippen molar-refractivity contribution in [2.24, 2.45) is 5.92 Å². The molecule has 0 fully saturated rings. The minimum absolute atomic E-state index is 0.120. The first-order valence-electron chi connectivity index (χ1n) is 3.87. The van der Waals surface area contributed by atoms with Gasteiger partial charge in [-0.3, -0.25) is 0 Å². The van der Waals surface area contributed by atoms with Crippen LogP contribution in [0.1, 0.15) is 26.7 Å². The van der Waals surface area contributed by atoms with E-state index in [0.717, 1.165) is 0 Å². The van der Waals surface area contributed by atoms with E-state index in [1.54, 1.807) is 0 Å². The van der Waals surface area contributed by atoms with Crippen LogP contribution < -0.4 is 0 Å².